The molecule has 0 aromatic heterocycles. The van der Waals surface area contributed by atoms with Crippen LogP contribution >= 0.6 is 0 Å². The monoisotopic (exact) mass is 236 g/mol. The Morgan fingerprint density at radius 3 is 2.76 bits per heavy atom. The van der Waals surface area contributed by atoms with Crippen molar-refractivity contribution in [3.05, 3.63) is 23.3 Å². The van der Waals surface area contributed by atoms with Crippen LogP contribution in [0.15, 0.2) is 12.1 Å². The summed E-state index contributed by atoms with van der Waals surface area (Å²) < 4.78 is 0. The zero-order valence-corrected chi connectivity index (χ0v) is 9.68. The van der Waals surface area contributed by atoms with Crippen LogP contribution in [0.4, 0.5) is 11.4 Å². The third-order valence-corrected chi connectivity index (χ3v) is 3.13. The quantitative estimate of drug-likeness (QED) is 0.662. The molecule has 0 amide bonds. The Labute approximate surface area is 99.5 Å². The molecule has 0 bridgehead atoms. The first-order valence-electron chi connectivity index (χ1n) is 5.55. The number of nitrogens with two attached hydrogens (primary N) is 1. The molecule has 4 N–H and O–H groups in total. The molecule has 0 spiro atoms. The lowest BCUT2D eigenvalue weighted by Gasteiger charge is -2.20. The minimum absolute atomic E-state index is 0.126. The number of rotatable bonds is 2. The van der Waals surface area contributed by atoms with Crippen LogP contribution in [-0.2, 0) is 0 Å². The zero-order chi connectivity index (χ0) is 12.6. The Kier molecular flexibility index (Phi) is 2.93. The first-order chi connectivity index (χ1) is 7.99. The smallest absolute Gasteiger partial charge is 0.337 e. The maximum atomic E-state index is 11.1. The summed E-state index contributed by atoms with van der Waals surface area (Å²) in [5.74, 6) is -1.02. The Balaban J connectivity index is 2.39. The molecule has 0 aliphatic carbocycles. The highest BCUT2D eigenvalue weighted by Gasteiger charge is 2.22. The molecular weight excluding hydrogens is 220 g/mol. The fraction of sp³-hybridized carbons (Fsp3) is 0.417. The van der Waals surface area contributed by atoms with E-state index in [2.05, 4.69) is 0 Å². The van der Waals surface area contributed by atoms with Gasteiger partial charge in [0, 0.05) is 24.5 Å². The molecule has 1 aromatic carbocycles. The molecule has 1 aromatic rings. The minimum atomic E-state index is -1.02. The molecule has 5 heteroatoms. The summed E-state index contributed by atoms with van der Waals surface area (Å²) in [6.45, 7) is 3.07. The lowest BCUT2D eigenvalue weighted by molar-refractivity contribution is 0.0698. The number of carboxylic acid groups (broad SMARTS) is 1. The minimum Gasteiger partial charge on any atom is -0.478 e. The van der Waals surface area contributed by atoms with Gasteiger partial charge in [-0.15, -0.1) is 0 Å². The number of aliphatic hydroxyl groups excluding tert-OH is 1. The lowest BCUT2D eigenvalue weighted by Crippen LogP contribution is -2.22. The standard InChI is InChI=1S/C12H16N2O3/c1-7-4-8(14-3-2-9(15)6-14)5-10(11(7)13)12(16)17/h4-5,9,15H,2-3,6,13H2,1H3,(H,16,17). The lowest BCUT2D eigenvalue weighted by atomic mass is 10.1. The Morgan fingerprint density at radius 2 is 2.24 bits per heavy atom. The number of carboxylic acids is 1. The van der Waals surface area contributed by atoms with E-state index in [1.54, 1.807) is 13.0 Å². The molecule has 5 nitrogen and oxygen atoms in total. The Morgan fingerprint density at radius 1 is 1.53 bits per heavy atom. The molecule has 1 aliphatic heterocycles. The van der Waals surface area contributed by atoms with Gasteiger partial charge in [-0.05, 0) is 31.0 Å². The van der Waals surface area contributed by atoms with Crippen LogP contribution in [-0.4, -0.2) is 35.4 Å². The highest BCUT2D eigenvalue weighted by molar-refractivity contribution is 5.95. The van der Waals surface area contributed by atoms with Crippen LogP contribution in [0, 0.1) is 6.92 Å². The number of aryl methyl sites for hydroxylation is 1. The summed E-state index contributed by atoms with van der Waals surface area (Å²) in [6, 6.07) is 3.43. The number of hydrogen-bond donors (Lipinski definition) is 3. The number of aromatic carboxylic acids is 1. The molecular formula is C12H16N2O3. The molecule has 2 rings (SSSR count). The SMILES string of the molecule is Cc1cc(N2CCC(O)C2)cc(C(=O)O)c1N. The summed E-state index contributed by atoms with van der Waals surface area (Å²) >= 11 is 0. The van der Waals surface area contributed by atoms with Crippen LogP contribution in [0.1, 0.15) is 22.3 Å². The van der Waals surface area contributed by atoms with Crippen molar-refractivity contribution >= 4 is 17.3 Å². The van der Waals surface area contributed by atoms with E-state index < -0.39 is 5.97 Å². The first-order valence-corrected chi connectivity index (χ1v) is 5.55. The van der Waals surface area contributed by atoms with Gasteiger partial charge in [-0.2, -0.15) is 0 Å². The number of nitrogens with zero attached hydrogens (tertiary/aromatic N) is 1. The highest BCUT2D eigenvalue weighted by Crippen LogP contribution is 2.27. The van der Waals surface area contributed by atoms with Gasteiger partial charge in [-0.1, -0.05) is 0 Å². The number of hydrogen-bond acceptors (Lipinski definition) is 4. The molecule has 0 radical (unpaired) electrons. The van der Waals surface area contributed by atoms with Crippen LogP contribution in [0.2, 0.25) is 0 Å². The van der Waals surface area contributed by atoms with E-state index in [0.29, 0.717) is 18.7 Å². The van der Waals surface area contributed by atoms with Crippen LogP contribution in [0.5, 0.6) is 0 Å². The summed E-state index contributed by atoms with van der Waals surface area (Å²) in [7, 11) is 0. The van der Waals surface area contributed by atoms with E-state index >= 15 is 0 Å². The number of carbonyl (C=O) groups is 1. The topological polar surface area (TPSA) is 86.8 Å². The van der Waals surface area contributed by atoms with Gasteiger partial charge >= 0.3 is 5.97 Å². The van der Waals surface area contributed by atoms with E-state index in [0.717, 1.165) is 17.8 Å². The highest BCUT2D eigenvalue weighted by atomic mass is 16.4. The van der Waals surface area contributed by atoms with Gasteiger partial charge in [0.05, 0.1) is 11.7 Å². The van der Waals surface area contributed by atoms with Crippen molar-refractivity contribution in [2.75, 3.05) is 23.7 Å². The number of aliphatic hydroxyl groups is 1. The maximum Gasteiger partial charge on any atom is 0.337 e. The summed E-state index contributed by atoms with van der Waals surface area (Å²) in [5.41, 5.74) is 7.72. The Hall–Kier alpha value is -1.75. The van der Waals surface area contributed by atoms with Crippen molar-refractivity contribution in [1.82, 2.24) is 0 Å². The normalized spacial score (nSPS) is 19.6. The van der Waals surface area contributed by atoms with Gasteiger partial charge in [-0.3, -0.25) is 0 Å². The van der Waals surface area contributed by atoms with Gasteiger partial charge in [-0.25, -0.2) is 4.79 Å². The summed E-state index contributed by atoms with van der Waals surface area (Å²) in [5, 5.41) is 18.5. The molecule has 1 aliphatic rings. The second-order valence-corrected chi connectivity index (χ2v) is 4.42. The average molecular weight is 236 g/mol. The van der Waals surface area contributed by atoms with Crippen molar-refractivity contribution in [2.24, 2.45) is 0 Å². The molecule has 92 valence electrons. The first kappa shape index (κ1) is 11.7. The average Bonchev–Trinajstić information content (AvgIpc) is 2.68. The summed E-state index contributed by atoms with van der Waals surface area (Å²) in [6.07, 6.45) is 0.382. The van der Waals surface area contributed by atoms with Crippen molar-refractivity contribution in [2.45, 2.75) is 19.4 Å². The molecule has 17 heavy (non-hydrogen) atoms. The third kappa shape index (κ3) is 2.19. The van der Waals surface area contributed by atoms with Gasteiger partial charge in [0.15, 0.2) is 0 Å². The molecule has 1 saturated heterocycles. The van der Waals surface area contributed by atoms with Gasteiger partial charge in [0.25, 0.3) is 0 Å². The Bertz CT molecular complexity index is 459. The number of nitrogen functional groups attached to an aromatic ring is 1. The van der Waals surface area contributed by atoms with E-state index in [1.165, 1.54) is 0 Å². The molecule has 1 unspecified atom stereocenters. The number of anilines is 2. The van der Waals surface area contributed by atoms with Crippen LogP contribution in [0.3, 0.4) is 0 Å². The molecule has 1 atom stereocenters. The second kappa shape index (κ2) is 4.25. The van der Waals surface area contributed by atoms with E-state index in [4.69, 9.17) is 10.8 Å². The summed E-state index contributed by atoms with van der Waals surface area (Å²) in [4.78, 5) is 13.0. The molecule has 1 fully saturated rings. The van der Waals surface area contributed by atoms with Gasteiger partial charge < -0.3 is 20.8 Å². The van der Waals surface area contributed by atoms with Crippen molar-refractivity contribution < 1.29 is 15.0 Å². The molecule has 1 heterocycles. The fourth-order valence-electron chi connectivity index (χ4n) is 2.12. The van der Waals surface area contributed by atoms with Crippen molar-refractivity contribution in [3.8, 4) is 0 Å². The predicted octanol–water partition coefficient (Wildman–Crippen LogP) is 0.846. The maximum absolute atomic E-state index is 11.1. The van der Waals surface area contributed by atoms with E-state index in [-0.39, 0.29) is 11.7 Å². The predicted molar refractivity (Wildman–Crippen MR) is 65.4 cm³/mol. The van der Waals surface area contributed by atoms with Gasteiger partial charge in [0.1, 0.15) is 0 Å². The number of β-amino-alcohol motifs (C(OH)–C–C–N with tert-alkyl or cyclic N) is 1. The van der Waals surface area contributed by atoms with Crippen LogP contribution in [0.25, 0.3) is 0 Å². The number of benzene rings is 1. The van der Waals surface area contributed by atoms with Crippen molar-refractivity contribution in [3.63, 3.8) is 0 Å². The molecule has 0 saturated carbocycles. The van der Waals surface area contributed by atoms with Crippen LogP contribution < -0.4 is 10.6 Å². The largest absolute Gasteiger partial charge is 0.478 e. The van der Waals surface area contributed by atoms with Gasteiger partial charge in [0.2, 0.25) is 0 Å². The second-order valence-electron chi connectivity index (χ2n) is 4.42. The van der Waals surface area contributed by atoms with E-state index in [9.17, 15) is 9.90 Å². The van der Waals surface area contributed by atoms with E-state index in [1.807, 2.05) is 11.0 Å². The van der Waals surface area contributed by atoms with Crippen molar-refractivity contribution in [1.29, 1.82) is 0 Å². The fourth-order valence-corrected chi connectivity index (χ4v) is 2.12. The third-order valence-electron chi connectivity index (χ3n) is 3.13. The zero-order valence-electron chi connectivity index (χ0n) is 9.68.